The number of fused-ring (bicyclic) bond motifs is 4. The molecule has 5 rings (SSSR count). The summed E-state index contributed by atoms with van der Waals surface area (Å²) in [4.78, 5) is 29.2. The maximum absolute atomic E-state index is 13.6. The van der Waals surface area contributed by atoms with Crippen LogP contribution < -0.4 is 0 Å². The smallest absolute Gasteiger partial charge is 0.254 e. The normalized spacial score (nSPS) is 25.8. The number of hydrogen-bond donors (Lipinski definition) is 2. The number of amides is 2. The highest BCUT2D eigenvalue weighted by Gasteiger charge is 2.57. The monoisotopic (exact) mass is 448 g/mol. The van der Waals surface area contributed by atoms with Crippen molar-refractivity contribution in [1.82, 2.24) is 9.80 Å². The molecule has 2 fully saturated rings. The molecule has 174 valence electrons. The Labute approximate surface area is 194 Å². The summed E-state index contributed by atoms with van der Waals surface area (Å²) in [6, 6.07) is 10.7. The molecule has 1 aliphatic carbocycles. The first-order valence-corrected chi connectivity index (χ1v) is 11.9. The van der Waals surface area contributed by atoms with E-state index in [-0.39, 0.29) is 34.4 Å². The molecule has 2 saturated heterocycles. The average Bonchev–Trinajstić information content (AvgIpc) is 3.17. The fourth-order valence-corrected chi connectivity index (χ4v) is 6.24. The molecule has 0 saturated carbocycles. The quantitative estimate of drug-likeness (QED) is 0.744. The predicted octanol–water partition coefficient (Wildman–Crippen LogP) is 3.97. The van der Waals surface area contributed by atoms with Crippen LogP contribution in [-0.4, -0.2) is 51.0 Å². The van der Waals surface area contributed by atoms with Gasteiger partial charge in [-0.05, 0) is 54.0 Å². The first kappa shape index (κ1) is 21.8. The van der Waals surface area contributed by atoms with Gasteiger partial charge < -0.3 is 20.0 Å². The number of phenolic OH excluding ortho intramolecular Hbond substituents is 2. The van der Waals surface area contributed by atoms with Gasteiger partial charge in [-0.15, -0.1) is 0 Å². The zero-order chi connectivity index (χ0) is 23.5. The number of aromatic hydroxyl groups is 2. The van der Waals surface area contributed by atoms with Crippen LogP contribution in [0.2, 0.25) is 0 Å². The van der Waals surface area contributed by atoms with Crippen molar-refractivity contribution < 1.29 is 19.8 Å². The fourth-order valence-electron chi connectivity index (χ4n) is 6.24. The van der Waals surface area contributed by atoms with Crippen LogP contribution in [0, 0.1) is 5.41 Å². The Morgan fingerprint density at radius 1 is 1.09 bits per heavy atom. The summed E-state index contributed by atoms with van der Waals surface area (Å²) in [5.74, 6) is 0.349. The van der Waals surface area contributed by atoms with Gasteiger partial charge in [0.05, 0.1) is 0 Å². The van der Waals surface area contributed by atoms with E-state index < -0.39 is 0 Å². The van der Waals surface area contributed by atoms with Gasteiger partial charge in [0.25, 0.3) is 5.91 Å². The summed E-state index contributed by atoms with van der Waals surface area (Å²) in [6.07, 6.45) is 2.82. The molecular weight excluding hydrogens is 416 g/mol. The van der Waals surface area contributed by atoms with Crippen molar-refractivity contribution in [3.63, 3.8) is 0 Å². The minimum absolute atomic E-state index is 0.0493. The molecule has 2 amide bonds. The third-order valence-electron chi connectivity index (χ3n) is 8.75. The SMILES string of the molecule is CC1(C)[C@H]2Cc3c(O)cccc3[C@]1(C)CCN2C(=O)c1ccc(CN2CCCC2=O)c(O)c1. The standard InChI is InChI=1S/C27H32N2O4/c1-26(2)23-15-19-20(6-4-7-21(19)30)27(26,3)11-13-29(23)25(33)17-9-10-18(22(31)14-17)16-28-12-5-8-24(28)32/h4,6-7,9-10,14,23,30-31H,5,8,11-13,15-16H2,1-3H3/t23-,27+/m1/s1. The molecular formula is C27H32N2O4. The third kappa shape index (κ3) is 3.22. The molecule has 33 heavy (non-hydrogen) atoms. The van der Waals surface area contributed by atoms with Crippen LogP contribution in [0.5, 0.6) is 11.5 Å². The molecule has 6 heteroatoms. The molecule has 0 spiro atoms. The Morgan fingerprint density at radius 2 is 1.88 bits per heavy atom. The lowest BCUT2D eigenvalue weighted by molar-refractivity contribution is -0.128. The molecule has 2 atom stereocenters. The second-order valence-corrected chi connectivity index (χ2v) is 10.6. The first-order valence-electron chi connectivity index (χ1n) is 11.9. The summed E-state index contributed by atoms with van der Waals surface area (Å²) < 4.78 is 0. The highest BCUT2D eigenvalue weighted by Crippen LogP contribution is 2.57. The van der Waals surface area contributed by atoms with Crippen molar-refractivity contribution in [2.45, 2.75) is 64.5 Å². The Balaban J connectivity index is 1.44. The summed E-state index contributed by atoms with van der Waals surface area (Å²) in [6.45, 7) is 8.39. The van der Waals surface area contributed by atoms with Gasteiger partial charge in [0.2, 0.25) is 5.91 Å². The van der Waals surface area contributed by atoms with Gasteiger partial charge in [-0.3, -0.25) is 9.59 Å². The van der Waals surface area contributed by atoms with E-state index in [1.54, 1.807) is 23.1 Å². The van der Waals surface area contributed by atoms with Crippen molar-refractivity contribution in [2.75, 3.05) is 13.1 Å². The van der Waals surface area contributed by atoms with E-state index >= 15 is 0 Å². The van der Waals surface area contributed by atoms with Gasteiger partial charge >= 0.3 is 0 Å². The Kier molecular flexibility index (Phi) is 4.96. The number of nitrogens with zero attached hydrogens (tertiary/aromatic N) is 2. The first-order chi connectivity index (χ1) is 15.6. The summed E-state index contributed by atoms with van der Waals surface area (Å²) in [5, 5.41) is 21.2. The molecule has 2 aromatic carbocycles. The van der Waals surface area contributed by atoms with Crippen LogP contribution >= 0.6 is 0 Å². The minimum atomic E-state index is -0.181. The molecule has 0 unspecified atom stereocenters. The number of carbonyl (C=O) groups is 2. The number of rotatable bonds is 3. The van der Waals surface area contributed by atoms with E-state index in [2.05, 4.69) is 26.8 Å². The summed E-state index contributed by atoms with van der Waals surface area (Å²) >= 11 is 0. The number of hydrogen-bond acceptors (Lipinski definition) is 4. The lowest BCUT2D eigenvalue weighted by atomic mass is 9.51. The highest BCUT2D eigenvalue weighted by molar-refractivity contribution is 5.95. The lowest BCUT2D eigenvalue weighted by Gasteiger charge is -2.60. The zero-order valence-electron chi connectivity index (χ0n) is 19.6. The van der Waals surface area contributed by atoms with Crippen molar-refractivity contribution >= 4 is 11.8 Å². The van der Waals surface area contributed by atoms with E-state index in [4.69, 9.17) is 0 Å². The van der Waals surface area contributed by atoms with Crippen molar-refractivity contribution in [3.05, 3.63) is 58.7 Å². The van der Waals surface area contributed by atoms with Crippen LogP contribution in [0.15, 0.2) is 36.4 Å². The number of likely N-dealkylation sites (tertiary alicyclic amines) is 2. The second-order valence-electron chi connectivity index (χ2n) is 10.6. The third-order valence-corrected chi connectivity index (χ3v) is 8.75. The van der Waals surface area contributed by atoms with Crippen molar-refractivity contribution in [1.29, 1.82) is 0 Å². The Bertz CT molecular complexity index is 1140. The zero-order valence-corrected chi connectivity index (χ0v) is 19.6. The summed E-state index contributed by atoms with van der Waals surface area (Å²) in [7, 11) is 0. The molecule has 2 aromatic rings. The van der Waals surface area contributed by atoms with E-state index in [1.165, 1.54) is 11.6 Å². The molecule has 6 nitrogen and oxygen atoms in total. The van der Waals surface area contributed by atoms with Crippen LogP contribution in [0.25, 0.3) is 0 Å². The lowest BCUT2D eigenvalue weighted by Crippen LogP contribution is -2.64. The van der Waals surface area contributed by atoms with E-state index in [1.807, 2.05) is 11.0 Å². The molecule has 3 aliphatic rings. The van der Waals surface area contributed by atoms with E-state index in [0.717, 1.165) is 18.4 Å². The van der Waals surface area contributed by atoms with Gasteiger partial charge in [-0.1, -0.05) is 39.0 Å². The van der Waals surface area contributed by atoms with Crippen LogP contribution in [0.4, 0.5) is 0 Å². The average molecular weight is 449 g/mol. The largest absolute Gasteiger partial charge is 0.508 e. The fraction of sp³-hybridized carbons (Fsp3) is 0.481. The van der Waals surface area contributed by atoms with Gasteiger partial charge in [0, 0.05) is 48.6 Å². The van der Waals surface area contributed by atoms with Crippen LogP contribution in [-0.2, 0) is 23.2 Å². The number of piperidine rings is 1. The maximum atomic E-state index is 13.6. The number of phenols is 2. The van der Waals surface area contributed by atoms with Crippen molar-refractivity contribution in [2.24, 2.45) is 5.41 Å². The number of benzene rings is 2. The topological polar surface area (TPSA) is 81.1 Å². The van der Waals surface area contributed by atoms with E-state index in [9.17, 15) is 19.8 Å². The van der Waals surface area contributed by atoms with Gasteiger partial charge in [-0.25, -0.2) is 0 Å². The molecule has 2 bridgehead atoms. The molecule has 0 aromatic heterocycles. The van der Waals surface area contributed by atoms with Crippen LogP contribution in [0.1, 0.15) is 67.1 Å². The maximum Gasteiger partial charge on any atom is 0.254 e. The molecule has 2 heterocycles. The van der Waals surface area contributed by atoms with Gasteiger partial charge in [0.1, 0.15) is 11.5 Å². The van der Waals surface area contributed by atoms with Crippen LogP contribution in [0.3, 0.4) is 0 Å². The van der Waals surface area contributed by atoms with Gasteiger partial charge in [0.15, 0.2) is 0 Å². The summed E-state index contributed by atoms with van der Waals surface area (Å²) in [5.41, 5.74) is 2.91. The molecule has 2 aliphatic heterocycles. The minimum Gasteiger partial charge on any atom is -0.508 e. The van der Waals surface area contributed by atoms with Crippen molar-refractivity contribution in [3.8, 4) is 11.5 Å². The Morgan fingerprint density at radius 3 is 2.58 bits per heavy atom. The highest BCUT2D eigenvalue weighted by atomic mass is 16.3. The molecule has 0 radical (unpaired) electrons. The second kappa shape index (κ2) is 7.51. The Hall–Kier alpha value is -3.02. The molecule has 2 N–H and O–H groups in total. The number of carbonyl (C=O) groups excluding carboxylic acids is 2. The van der Waals surface area contributed by atoms with E-state index in [0.29, 0.717) is 49.4 Å². The predicted molar refractivity (Wildman–Crippen MR) is 125 cm³/mol. The van der Waals surface area contributed by atoms with Gasteiger partial charge in [-0.2, -0.15) is 0 Å².